The van der Waals surface area contributed by atoms with Crippen LogP contribution in [0.1, 0.15) is 23.4 Å². The van der Waals surface area contributed by atoms with Gasteiger partial charge in [0, 0.05) is 22.7 Å². The lowest BCUT2D eigenvalue weighted by Crippen LogP contribution is -2.11. The van der Waals surface area contributed by atoms with E-state index in [2.05, 4.69) is 9.97 Å². The van der Waals surface area contributed by atoms with E-state index in [1.807, 2.05) is 11.8 Å². The fraction of sp³-hybridized carbons (Fsp3) is 0.600. The van der Waals surface area contributed by atoms with Gasteiger partial charge >= 0.3 is 0 Å². The van der Waals surface area contributed by atoms with Gasteiger partial charge in [-0.05, 0) is 31.6 Å². The number of aromatic nitrogens is 2. The lowest BCUT2D eigenvalue weighted by molar-refractivity contribution is 0.785. The third-order valence-corrected chi connectivity index (χ3v) is 3.46. The van der Waals surface area contributed by atoms with Gasteiger partial charge in [-0.2, -0.15) is 11.8 Å². The van der Waals surface area contributed by atoms with Gasteiger partial charge in [-0.15, -0.1) is 0 Å². The molecule has 1 aromatic heterocycles. The molecule has 0 spiro atoms. The zero-order valence-electron chi connectivity index (χ0n) is 8.20. The minimum absolute atomic E-state index is 0.742. The van der Waals surface area contributed by atoms with Gasteiger partial charge in [-0.3, -0.25) is 0 Å². The van der Waals surface area contributed by atoms with Crippen LogP contribution in [0.25, 0.3) is 0 Å². The third-order valence-electron chi connectivity index (χ3n) is 2.47. The molecule has 0 bridgehead atoms. The van der Waals surface area contributed by atoms with E-state index in [9.17, 15) is 0 Å². The number of hydrogen-bond acceptors (Lipinski definition) is 4. The quantitative estimate of drug-likeness (QED) is 0.811. The number of rotatable bonds is 3. The fourth-order valence-electron chi connectivity index (χ4n) is 1.70. The van der Waals surface area contributed by atoms with E-state index in [1.165, 1.54) is 22.7 Å². The monoisotopic (exact) mass is 209 g/mol. The van der Waals surface area contributed by atoms with Crippen LogP contribution in [0, 0.1) is 0 Å². The second kappa shape index (κ2) is 4.75. The summed E-state index contributed by atoms with van der Waals surface area (Å²) in [6.07, 6.45) is 4.81. The van der Waals surface area contributed by atoms with Crippen molar-refractivity contribution < 1.29 is 0 Å². The topological polar surface area (TPSA) is 51.8 Å². The standard InChI is InChI=1S/C10H15N3S/c11-4-1-2-9-8-6-14-5-3-10(8)13-7-12-9/h7H,1-6,11H2. The lowest BCUT2D eigenvalue weighted by atomic mass is 10.1. The van der Waals surface area contributed by atoms with E-state index >= 15 is 0 Å². The Morgan fingerprint density at radius 2 is 2.36 bits per heavy atom. The van der Waals surface area contributed by atoms with Crippen LogP contribution in [0.5, 0.6) is 0 Å². The van der Waals surface area contributed by atoms with Gasteiger partial charge in [0.1, 0.15) is 6.33 Å². The maximum atomic E-state index is 5.50. The molecule has 1 aliphatic heterocycles. The van der Waals surface area contributed by atoms with Crippen molar-refractivity contribution in [1.29, 1.82) is 0 Å². The van der Waals surface area contributed by atoms with E-state index in [4.69, 9.17) is 5.73 Å². The summed E-state index contributed by atoms with van der Waals surface area (Å²) in [4.78, 5) is 8.68. The van der Waals surface area contributed by atoms with E-state index < -0.39 is 0 Å². The first kappa shape index (κ1) is 9.93. The van der Waals surface area contributed by atoms with Gasteiger partial charge in [0.05, 0.1) is 0 Å². The molecule has 0 saturated heterocycles. The molecule has 0 unspecified atom stereocenters. The Morgan fingerprint density at radius 1 is 1.43 bits per heavy atom. The molecule has 76 valence electrons. The van der Waals surface area contributed by atoms with Crippen molar-refractivity contribution in [2.75, 3.05) is 12.3 Å². The normalized spacial score (nSPS) is 15.2. The second-order valence-corrected chi connectivity index (χ2v) is 4.55. The Morgan fingerprint density at radius 3 is 3.21 bits per heavy atom. The summed E-state index contributed by atoms with van der Waals surface area (Å²) in [6, 6.07) is 0. The van der Waals surface area contributed by atoms with E-state index in [0.717, 1.165) is 31.6 Å². The first-order chi connectivity index (χ1) is 6.92. The van der Waals surface area contributed by atoms with Gasteiger partial charge < -0.3 is 5.73 Å². The van der Waals surface area contributed by atoms with Crippen LogP contribution >= 0.6 is 11.8 Å². The molecule has 0 fully saturated rings. The first-order valence-electron chi connectivity index (χ1n) is 5.01. The van der Waals surface area contributed by atoms with Crippen molar-refractivity contribution in [3.05, 3.63) is 23.3 Å². The molecule has 1 aromatic rings. The van der Waals surface area contributed by atoms with Crippen LogP contribution in [-0.2, 0) is 18.6 Å². The van der Waals surface area contributed by atoms with Crippen molar-refractivity contribution in [2.24, 2.45) is 5.73 Å². The van der Waals surface area contributed by atoms with Crippen molar-refractivity contribution in [1.82, 2.24) is 9.97 Å². The Labute approximate surface area is 88.5 Å². The Bertz CT molecular complexity index is 314. The smallest absolute Gasteiger partial charge is 0.115 e. The minimum atomic E-state index is 0.742. The lowest BCUT2D eigenvalue weighted by Gasteiger charge is -2.16. The summed E-state index contributed by atoms with van der Waals surface area (Å²) >= 11 is 1.97. The van der Waals surface area contributed by atoms with Crippen molar-refractivity contribution in [3.8, 4) is 0 Å². The Kier molecular flexibility index (Phi) is 3.37. The molecule has 1 aliphatic rings. The number of hydrogen-bond donors (Lipinski definition) is 1. The summed E-state index contributed by atoms with van der Waals surface area (Å²) in [6.45, 7) is 0.742. The number of nitrogens with zero attached hydrogens (tertiary/aromatic N) is 2. The Balaban J connectivity index is 2.21. The van der Waals surface area contributed by atoms with E-state index in [-0.39, 0.29) is 0 Å². The molecule has 0 saturated carbocycles. The van der Waals surface area contributed by atoms with Crippen molar-refractivity contribution in [2.45, 2.75) is 25.0 Å². The minimum Gasteiger partial charge on any atom is -0.330 e. The zero-order chi connectivity index (χ0) is 9.80. The fourth-order valence-corrected chi connectivity index (χ4v) is 2.72. The number of nitrogens with two attached hydrogens (primary N) is 1. The van der Waals surface area contributed by atoms with Crippen LogP contribution in [0.2, 0.25) is 0 Å². The second-order valence-electron chi connectivity index (χ2n) is 3.44. The number of aryl methyl sites for hydroxylation is 2. The summed E-state index contributed by atoms with van der Waals surface area (Å²) in [5, 5.41) is 0. The van der Waals surface area contributed by atoms with Crippen LogP contribution in [-0.4, -0.2) is 22.3 Å². The average molecular weight is 209 g/mol. The van der Waals surface area contributed by atoms with Gasteiger partial charge in [-0.1, -0.05) is 0 Å². The van der Waals surface area contributed by atoms with E-state index in [0.29, 0.717) is 0 Å². The molecule has 0 atom stereocenters. The molecule has 0 aliphatic carbocycles. The highest BCUT2D eigenvalue weighted by atomic mass is 32.2. The average Bonchev–Trinajstić information content (AvgIpc) is 2.26. The van der Waals surface area contributed by atoms with Crippen molar-refractivity contribution in [3.63, 3.8) is 0 Å². The van der Waals surface area contributed by atoms with Crippen LogP contribution in [0.3, 0.4) is 0 Å². The summed E-state index contributed by atoms with van der Waals surface area (Å²) in [5.41, 5.74) is 9.35. The van der Waals surface area contributed by atoms with Crippen molar-refractivity contribution >= 4 is 11.8 Å². The number of thioether (sulfide) groups is 1. The van der Waals surface area contributed by atoms with Gasteiger partial charge in [0.25, 0.3) is 0 Å². The maximum absolute atomic E-state index is 5.50. The van der Waals surface area contributed by atoms with Gasteiger partial charge in [0.15, 0.2) is 0 Å². The highest BCUT2D eigenvalue weighted by Crippen LogP contribution is 2.25. The summed E-state index contributed by atoms with van der Waals surface area (Å²) in [7, 11) is 0. The third kappa shape index (κ3) is 2.07. The molecule has 4 heteroatoms. The molecule has 2 rings (SSSR count). The van der Waals surface area contributed by atoms with Crippen LogP contribution in [0.4, 0.5) is 0 Å². The summed E-state index contributed by atoms with van der Waals surface area (Å²) < 4.78 is 0. The largest absolute Gasteiger partial charge is 0.330 e. The van der Waals surface area contributed by atoms with Gasteiger partial charge in [0.2, 0.25) is 0 Å². The van der Waals surface area contributed by atoms with Crippen LogP contribution < -0.4 is 5.73 Å². The molecular formula is C10H15N3S. The highest BCUT2D eigenvalue weighted by Gasteiger charge is 2.14. The predicted molar refractivity (Wildman–Crippen MR) is 59.3 cm³/mol. The zero-order valence-corrected chi connectivity index (χ0v) is 9.02. The highest BCUT2D eigenvalue weighted by molar-refractivity contribution is 7.98. The number of fused-ring (bicyclic) bond motifs is 1. The first-order valence-corrected chi connectivity index (χ1v) is 6.16. The Hall–Kier alpha value is -0.610. The van der Waals surface area contributed by atoms with Crippen LogP contribution in [0.15, 0.2) is 6.33 Å². The molecule has 2 heterocycles. The molecule has 14 heavy (non-hydrogen) atoms. The molecule has 2 N–H and O–H groups in total. The van der Waals surface area contributed by atoms with Gasteiger partial charge in [-0.25, -0.2) is 9.97 Å². The molecular weight excluding hydrogens is 194 g/mol. The molecule has 0 radical (unpaired) electrons. The molecule has 0 aromatic carbocycles. The molecule has 3 nitrogen and oxygen atoms in total. The molecule has 0 amide bonds. The predicted octanol–water partition coefficient (Wildman–Crippen LogP) is 1.16. The van der Waals surface area contributed by atoms with E-state index in [1.54, 1.807) is 6.33 Å². The SMILES string of the molecule is NCCCc1ncnc2c1CSCC2. The maximum Gasteiger partial charge on any atom is 0.115 e. The summed E-state index contributed by atoms with van der Waals surface area (Å²) in [5.74, 6) is 2.27.